The van der Waals surface area contributed by atoms with Crippen LogP contribution in [-0.4, -0.2) is 98.4 Å². The summed E-state index contributed by atoms with van der Waals surface area (Å²) in [4.78, 5) is 36.1. The van der Waals surface area contributed by atoms with Gasteiger partial charge in [-0.15, -0.1) is 11.3 Å². The number of thiazole rings is 1. The van der Waals surface area contributed by atoms with Crippen LogP contribution in [0.25, 0.3) is 5.65 Å². The molecule has 0 bridgehead atoms. The van der Waals surface area contributed by atoms with Crippen molar-refractivity contribution in [1.82, 2.24) is 24.2 Å². The summed E-state index contributed by atoms with van der Waals surface area (Å²) in [6.45, 7) is 8.58. The molecule has 3 aromatic rings. The molecular weight excluding hydrogens is 594 g/mol. The molecule has 1 unspecified atom stereocenters. The van der Waals surface area contributed by atoms with Gasteiger partial charge in [-0.1, -0.05) is 6.07 Å². The van der Waals surface area contributed by atoms with Crippen LogP contribution in [-0.2, 0) is 16.1 Å². The predicted molar refractivity (Wildman–Crippen MR) is 142 cm³/mol. The molecule has 1 atom stereocenters. The van der Waals surface area contributed by atoms with Crippen LogP contribution in [0, 0.1) is 6.92 Å². The Labute approximate surface area is 240 Å². The van der Waals surface area contributed by atoms with Crippen molar-refractivity contribution in [3.63, 3.8) is 0 Å². The van der Waals surface area contributed by atoms with Crippen molar-refractivity contribution < 1.29 is 46.1 Å². The van der Waals surface area contributed by atoms with Crippen molar-refractivity contribution in [2.45, 2.75) is 44.7 Å². The van der Waals surface area contributed by atoms with E-state index >= 15 is 0 Å². The van der Waals surface area contributed by atoms with E-state index in [0.29, 0.717) is 6.04 Å². The Morgan fingerprint density at radius 2 is 1.60 bits per heavy atom. The number of imidazole rings is 1. The molecule has 17 heteroatoms. The minimum Gasteiger partial charge on any atom is -0.475 e. The molecule has 5 rings (SSSR count). The minimum absolute atomic E-state index is 0.327. The number of pyridine rings is 1. The number of nitrogens with zero attached hydrogens (tertiary/aromatic N) is 6. The first-order chi connectivity index (χ1) is 19.6. The molecular formula is C25H30F6N6O4S. The van der Waals surface area contributed by atoms with Gasteiger partial charge in [0.05, 0.1) is 22.9 Å². The molecule has 232 valence electrons. The van der Waals surface area contributed by atoms with Gasteiger partial charge >= 0.3 is 24.3 Å². The number of hydrogen-bond donors (Lipinski definition) is 2. The number of carboxylic acids is 2. The summed E-state index contributed by atoms with van der Waals surface area (Å²) >= 11 is 1.77. The van der Waals surface area contributed by atoms with Gasteiger partial charge in [0.25, 0.3) is 0 Å². The van der Waals surface area contributed by atoms with Crippen molar-refractivity contribution in [3.8, 4) is 0 Å². The first kappa shape index (κ1) is 33.1. The maximum absolute atomic E-state index is 10.6. The summed E-state index contributed by atoms with van der Waals surface area (Å²) in [6.07, 6.45) is -5.32. The van der Waals surface area contributed by atoms with Crippen molar-refractivity contribution in [3.05, 3.63) is 46.2 Å². The average molecular weight is 625 g/mol. The van der Waals surface area contributed by atoms with Crippen molar-refractivity contribution in [1.29, 1.82) is 0 Å². The van der Waals surface area contributed by atoms with E-state index in [0.717, 1.165) is 44.9 Å². The van der Waals surface area contributed by atoms with E-state index in [1.54, 1.807) is 11.3 Å². The molecule has 2 aliphatic heterocycles. The fourth-order valence-electron chi connectivity index (χ4n) is 4.45. The lowest BCUT2D eigenvalue weighted by molar-refractivity contribution is -0.193. The van der Waals surface area contributed by atoms with Crippen LogP contribution in [0.4, 0.5) is 32.2 Å². The van der Waals surface area contributed by atoms with E-state index in [1.165, 1.54) is 34.9 Å². The number of piperazine rings is 1. The number of likely N-dealkylation sites (N-methyl/N-ethyl adjacent to an activating group) is 1. The molecule has 0 amide bonds. The normalized spacial score (nSPS) is 18.3. The standard InChI is InChI=1S/C21H28N6S.2C2HF3O2/c1-16-19(28-15-22-16)14-25-11-10-24(2)18(13-25)17-12-27-20(23-17)6-5-7-21(27)26-8-3-4-9-26;2*3-2(4,5)1(6)7/h5-7,12,15,18H,3-4,8-11,13-14H2,1-2H3;2*(H,6,7). The van der Waals surface area contributed by atoms with Gasteiger partial charge in [-0.3, -0.25) is 14.2 Å². The SMILES string of the molecule is Cc1ncsc1CN1CCN(C)C(c2cn3c(N4CCCC4)cccc3n2)C1.O=C(O)C(F)(F)F.O=C(O)C(F)(F)F. The monoisotopic (exact) mass is 624 g/mol. The molecule has 0 radical (unpaired) electrons. The number of anilines is 1. The molecule has 10 nitrogen and oxygen atoms in total. The Morgan fingerprint density at radius 1 is 1.00 bits per heavy atom. The van der Waals surface area contributed by atoms with Gasteiger partial charge in [-0.25, -0.2) is 19.6 Å². The quantitative estimate of drug-likeness (QED) is 0.407. The minimum atomic E-state index is -5.08. The Hall–Kier alpha value is -3.44. The fourth-order valence-corrected chi connectivity index (χ4v) is 5.27. The number of hydrogen-bond acceptors (Lipinski definition) is 8. The number of aromatic nitrogens is 3. The van der Waals surface area contributed by atoms with Gasteiger partial charge < -0.3 is 15.1 Å². The van der Waals surface area contributed by atoms with E-state index in [1.807, 2.05) is 5.51 Å². The Kier molecular flexibility index (Phi) is 10.8. The summed E-state index contributed by atoms with van der Waals surface area (Å²) in [7, 11) is 2.23. The van der Waals surface area contributed by atoms with Gasteiger partial charge in [-0.05, 0) is 38.9 Å². The van der Waals surface area contributed by atoms with Gasteiger partial charge in [0.2, 0.25) is 0 Å². The van der Waals surface area contributed by atoms with Crippen molar-refractivity contribution >= 4 is 34.7 Å². The molecule has 2 aliphatic rings. The second-order valence-corrected chi connectivity index (χ2v) is 10.6. The van der Waals surface area contributed by atoms with Crippen molar-refractivity contribution in [2.75, 3.05) is 44.7 Å². The highest BCUT2D eigenvalue weighted by Gasteiger charge is 2.39. The van der Waals surface area contributed by atoms with Crippen LogP contribution in [0.15, 0.2) is 29.9 Å². The Balaban J connectivity index is 0.000000289. The highest BCUT2D eigenvalue weighted by molar-refractivity contribution is 7.09. The molecule has 0 aromatic carbocycles. The number of carboxylic acid groups (broad SMARTS) is 2. The van der Waals surface area contributed by atoms with Crippen LogP contribution in [0.3, 0.4) is 0 Å². The van der Waals surface area contributed by atoms with Crippen LogP contribution >= 0.6 is 11.3 Å². The smallest absolute Gasteiger partial charge is 0.475 e. The molecule has 42 heavy (non-hydrogen) atoms. The number of carbonyl (C=O) groups is 2. The molecule has 5 heterocycles. The van der Waals surface area contributed by atoms with E-state index in [-0.39, 0.29) is 0 Å². The number of rotatable bonds is 4. The first-order valence-corrected chi connectivity index (χ1v) is 13.6. The van der Waals surface area contributed by atoms with Crippen LogP contribution in [0.2, 0.25) is 0 Å². The van der Waals surface area contributed by atoms with E-state index < -0.39 is 24.3 Å². The van der Waals surface area contributed by atoms with Gasteiger partial charge in [0.15, 0.2) is 0 Å². The van der Waals surface area contributed by atoms with Crippen LogP contribution < -0.4 is 4.90 Å². The second kappa shape index (κ2) is 13.7. The molecule has 2 saturated heterocycles. The highest BCUT2D eigenvalue weighted by atomic mass is 32.1. The summed E-state index contributed by atoms with van der Waals surface area (Å²) in [6, 6.07) is 6.83. The Morgan fingerprint density at radius 3 is 2.12 bits per heavy atom. The first-order valence-electron chi connectivity index (χ1n) is 12.7. The molecule has 2 fully saturated rings. The zero-order valence-corrected chi connectivity index (χ0v) is 23.5. The van der Waals surface area contributed by atoms with Crippen LogP contribution in [0.1, 0.15) is 35.1 Å². The lowest BCUT2D eigenvalue weighted by Gasteiger charge is -2.38. The third kappa shape index (κ3) is 8.78. The van der Waals surface area contributed by atoms with E-state index in [2.05, 4.69) is 62.5 Å². The third-order valence-corrected chi connectivity index (χ3v) is 7.61. The molecule has 2 N–H and O–H groups in total. The number of halogens is 6. The topological polar surface area (TPSA) is 115 Å². The van der Waals surface area contributed by atoms with Gasteiger partial charge in [0.1, 0.15) is 11.5 Å². The second-order valence-electron chi connectivity index (χ2n) is 9.67. The molecule has 0 aliphatic carbocycles. The highest BCUT2D eigenvalue weighted by Crippen LogP contribution is 2.28. The molecule has 0 spiro atoms. The maximum Gasteiger partial charge on any atom is 0.490 e. The van der Waals surface area contributed by atoms with Crippen LogP contribution in [0.5, 0.6) is 0 Å². The Bertz CT molecular complexity index is 1330. The molecule has 0 saturated carbocycles. The predicted octanol–water partition coefficient (Wildman–Crippen LogP) is 4.45. The van der Waals surface area contributed by atoms with Gasteiger partial charge in [0, 0.05) is 50.3 Å². The van der Waals surface area contributed by atoms with Crippen molar-refractivity contribution in [2.24, 2.45) is 0 Å². The zero-order valence-electron chi connectivity index (χ0n) is 22.7. The summed E-state index contributed by atoms with van der Waals surface area (Å²) < 4.78 is 65.8. The molecule has 3 aromatic heterocycles. The summed E-state index contributed by atoms with van der Waals surface area (Å²) in [5.74, 6) is -4.23. The van der Waals surface area contributed by atoms with Gasteiger partial charge in [-0.2, -0.15) is 26.3 Å². The van der Waals surface area contributed by atoms with E-state index in [9.17, 15) is 26.3 Å². The third-order valence-electron chi connectivity index (χ3n) is 6.69. The fraction of sp³-hybridized carbons (Fsp3) is 0.520. The summed E-state index contributed by atoms with van der Waals surface area (Å²) in [5.41, 5.74) is 5.37. The zero-order chi connectivity index (χ0) is 31.2. The lowest BCUT2D eigenvalue weighted by Crippen LogP contribution is -2.46. The largest absolute Gasteiger partial charge is 0.490 e. The number of aryl methyl sites for hydroxylation is 1. The summed E-state index contributed by atoms with van der Waals surface area (Å²) in [5, 5.41) is 14.2. The number of fused-ring (bicyclic) bond motifs is 1. The average Bonchev–Trinajstić information content (AvgIpc) is 3.66. The maximum atomic E-state index is 10.6. The van der Waals surface area contributed by atoms with E-state index in [4.69, 9.17) is 24.8 Å². The number of aliphatic carboxylic acids is 2. The lowest BCUT2D eigenvalue weighted by atomic mass is 10.1. The number of alkyl halides is 6.